The number of methoxy groups -OCH3 is 1. The van der Waals surface area contributed by atoms with Crippen molar-refractivity contribution >= 4 is 40.3 Å². The van der Waals surface area contributed by atoms with Crippen LogP contribution in [0.15, 0.2) is 88.8 Å². The van der Waals surface area contributed by atoms with Crippen LogP contribution in [0.3, 0.4) is 0 Å². The first-order chi connectivity index (χ1) is 15.7. The molecule has 1 amide bonds. The molecular formula is C25H19N3O3S. The fourth-order valence-corrected chi connectivity index (χ4v) is 4.12. The molecule has 0 saturated carbocycles. The summed E-state index contributed by atoms with van der Waals surface area (Å²) < 4.78 is 10.8. The normalized spacial score (nSPS) is 15.8. The highest BCUT2D eigenvalue weighted by Crippen LogP contribution is 2.38. The summed E-state index contributed by atoms with van der Waals surface area (Å²) in [6.45, 7) is -0.0729. The van der Waals surface area contributed by atoms with E-state index in [1.54, 1.807) is 23.1 Å². The Bertz CT molecular complexity index is 1220. The highest BCUT2D eigenvalue weighted by atomic mass is 32.2. The second kappa shape index (κ2) is 9.86. The van der Waals surface area contributed by atoms with Crippen LogP contribution in [0, 0.1) is 11.3 Å². The summed E-state index contributed by atoms with van der Waals surface area (Å²) in [6.07, 6.45) is 1.80. The van der Waals surface area contributed by atoms with Gasteiger partial charge in [0.1, 0.15) is 6.07 Å². The molecule has 0 radical (unpaired) electrons. The van der Waals surface area contributed by atoms with E-state index in [2.05, 4.69) is 0 Å². The van der Waals surface area contributed by atoms with Crippen LogP contribution in [0.1, 0.15) is 5.56 Å². The summed E-state index contributed by atoms with van der Waals surface area (Å²) in [4.78, 5) is 20.2. The molecule has 0 spiro atoms. The summed E-state index contributed by atoms with van der Waals surface area (Å²) in [7, 11) is 1.53. The number of nitriles is 1. The number of carbonyl (C=O) groups excluding carboxylic acids is 1. The van der Waals surface area contributed by atoms with E-state index in [9.17, 15) is 4.79 Å². The molecule has 6 nitrogen and oxygen atoms in total. The summed E-state index contributed by atoms with van der Waals surface area (Å²) in [6, 6.07) is 26.2. The van der Waals surface area contributed by atoms with Crippen LogP contribution in [0.4, 0.5) is 11.4 Å². The lowest BCUT2D eigenvalue weighted by molar-refractivity contribution is -0.113. The van der Waals surface area contributed by atoms with E-state index in [1.165, 1.54) is 18.9 Å². The topological polar surface area (TPSA) is 74.9 Å². The van der Waals surface area contributed by atoms with Gasteiger partial charge in [-0.1, -0.05) is 42.5 Å². The van der Waals surface area contributed by atoms with Crippen LogP contribution in [0.25, 0.3) is 6.08 Å². The van der Waals surface area contributed by atoms with Crippen molar-refractivity contribution in [1.29, 1.82) is 5.26 Å². The van der Waals surface area contributed by atoms with Gasteiger partial charge in [0.25, 0.3) is 5.91 Å². The third kappa shape index (κ3) is 4.66. The van der Waals surface area contributed by atoms with Gasteiger partial charge < -0.3 is 9.47 Å². The summed E-state index contributed by atoms with van der Waals surface area (Å²) in [5.74, 6) is 0.807. The number of hydrogen-bond donors (Lipinski definition) is 0. The molecule has 0 N–H and O–H groups in total. The molecule has 1 saturated heterocycles. The number of rotatable bonds is 6. The lowest BCUT2D eigenvalue weighted by Crippen LogP contribution is -2.28. The Morgan fingerprint density at radius 1 is 1.03 bits per heavy atom. The summed E-state index contributed by atoms with van der Waals surface area (Å²) in [5.41, 5.74) is 2.29. The van der Waals surface area contributed by atoms with Gasteiger partial charge in [-0.25, -0.2) is 4.99 Å². The van der Waals surface area contributed by atoms with Crippen molar-refractivity contribution in [3.05, 3.63) is 89.3 Å². The Morgan fingerprint density at radius 2 is 1.75 bits per heavy atom. The van der Waals surface area contributed by atoms with Crippen molar-refractivity contribution in [2.45, 2.75) is 0 Å². The number of nitrogens with zero attached hydrogens (tertiary/aromatic N) is 3. The number of amidine groups is 1. The van der Waals surface area contributed by atoms with Crippen LogP contribution in [0.2, 0.25) is 0 Å². The number of aliphatic imine (C=N–C) groups is 1. The zero-order valence-electron chi connectivity index (χ0n) is 17.3. The monoisotopic (exact) mass is 441 g/mol. The van der Waals surface area contributed by atoms with Gasteiger partial charge in [0.2, 0.25) is 0 Å². The van der Waals surface area contributed by atoms with Crippen LogP contribution < -0.4 is 14.4 Å². The van der Waals surface area contributed by atoms with Gasteiger partial charge in [-0.15, -0.1) is 0 Å². The molecule has 4 rings (SSSR count). The van der Waals surface area contributed by atoms with Crippen molar-refractivity contribution < 1.29 is 14.3 Å². The molecule has 0 atom stereocenters. The Balaban J connectivity index is 1.71. The van der Waals surface area contributed by atoms with Crippen LogP contribution >= 0.6 is 11.8 Å². The zero-order chi connectivity index (χ0) is 22.3. The standard InChI is InChI=1S/C25H19N3O3S/c1-30-22-16-18(12-13-21(22)31-15-14-26)17-23-24(29)28(20-10-6-3-7-11-20)25(32-23)27-19-8-4-2-5-9-19/h2-13,16-17H,15H2,1H3. The average Bonchev–Trinajstić information content (AvgIpc) is 3.13. The van der Waals surface area contributed by atoms with E-state index in [4.69, 9.17) is 19.7 Å². The predicted molar refractivity (Wildman–Crippen MR) is 127 cm³/mol. The van der Waals surface area contributed by atoms with E-state index in [1.807, 2.05) is 72.8 Å². The molecule has 1 aliphatic heterocycles. The van der Waals surface area contributed by atoms with Gasteiger partial charge >= 0.3 is 0 Å². The van der Waals surface area contributed by atoms with Crippen molar-refractivity contribution in [1.82, 2.24) is 0 Å². The van der Waals surface area contributed by atoms with Gasteiger partial charge in [0.05, 0.1) is 23.4 Å². The number of carbonyl (C=O) groups is 1. The lowest BCUT2D eigenvalue weighted by atomic mass is 10.2. The molecule has 0 unspecified atom stereocenters. The van der Waals surface area contributed by atoms with Crippen molar-refractivity contribution in [3.63, 3.8) is 0 Å². The van der Waals surface area contributed by atoms with Gasteiger partial charge in [0.15, 0.2) is 23.3 Å². The Kier molecular flexibility index (Phi) is 6.54. The molecule has 0 aromatic heterocycles. The molecule has 3 aromatic carbocycles. The second-order valence-corrected chi connectivity index (χ2v) is 7.68. The van der Waals surface area contributed by atoms with E-state index in [0.29, 0.717) is 21.6 Å². The first kappa shape index (κ1) is 21.2. The second-order valence-electron chi connectivity index (χ2n) is 6.67. The fraction of sp³-hybridized carbons (Fsp3) is 0.0800. The quantitative estimate of drug-likeness (QED) is 0.479. The minimum absolute atomic E-state index is 0.0729. The molecule has 0 aliphatic carbocycles. The molecule has 7 heteroatoms. The Labute approximate surface area is 190 Å². The maximum absolute atomic E-state index is 13.3. The van der Waals surface area contributed by atoms with E-state index in [-0.39, 0.29) is 12.5 Å². The van der Waals surface area contributed by atoms with Crippen molar-refractivity contribution in [3.8, 4) is 17.6 Å². The van der Waals surface area contributed by atoms with Gasteiger partial charge in [-0.05, 0) is 59.8 Å². The number of benzene rings is 3. The number of anilines is 1. The third-order valence-electron chi connectivity index (χ3n) is 4.58. The Hall–Kier alpha value is -4.02. The summed E-state index contributed by atoms with van der Waals surface area (Å²) >= 11 is 1.32. The molecule has 158 valence electrons. The highest BCUT2D eigenvalue weighted by Gasteiger charge is 2.34. The zero-order valence-corrected chi connectivity index (χ0v) is 18.1. The first-order valence-electron chi connectivity index (χ1n) is 9.80. The van der Waals surface area contributed by atoms with Crippen molar-refractivity contribution in [2.24, 2.45) is 4.99 Å². The number of thioether (sulfide) groups is 1. The first-order valence-corrected chi connectivity index (χ1v) is 10.6. The third-order valence-corrected chi connectivity index (χ3v) is 5.55. The smallest absolute Gasteiger partial charge is 0.271 e. The van der Waals surface area contributed by atoms with E-state index >= 15 is 0 Å². The number of amides is 1. The van der Waals surface area contributed by atoms with Gasteiger partial charge in [0, 0.05) is 0 Å². The maximum atomic E-state index is 13.3. The molecular weight excluding hydrogens is 422 g/mol. The summed E-state index contributed by atoms with van der Waals surface area (Å²) in [5, 5.41) is 9.32. The highest BCUT2D eigenvalue weighted by molar-refractivity contribution is 8.19. The largest absolute Gasteiger partial charge is 0.493 e. The van der Waals surface area contributed by atoms with E-state index < -0.39 is 0 Å². The lowest BCUT2D eigenvalue weighted by Gasteiger charge is -2.15. The van der Waals surface area contributed by atoms with Crippen LogP contribution in [0.5, 0.6) is 11.5 Å². The maximum Gasteiger partial charge on any atom is 0.271 e. The minimum Gasteiger partial charge on any atom is -0.493 e. The molecule has 1 aliphatic rings. The Morgan fingerprint density at radius 3 is 2.44 bits per heavy atom. The SMILES string of the molecule is COc1cc(C=C2SC(=Nc3ccccc3)N(c3ccccc3)C2=O)ccc1OCC#N. The van der Waals surface area contributed by atoms with Gasteiger partial charge in [-0.2, -0.15) is 5.26 Å². The average molecular weight is 442 g/mol. The number of para-hydroxylation sites is 2. The van der Waals surface area contributed by atoms with Crippen LogP contribution in [-0.2, 0) is 4.79 Å². The molecule has 32 heavy (non-hydrogen) atoms. The van der Waals surface area contributed by atoms with Gasteiger partial charge in [-0.3, -0.25) is 9.69 Å². The minimum atomic E-state index is -0.153. The molecule has 1 heterocycles. The van der Waals surface area contributed by atoms with E-state index in [0.717, 1.165) is 16.9 Å². The number of hydrogen-bond acceptors (Lipinski definition) is 6. The molecule has 1 fully saturated rings. The fourth-order valence-electron chi connectivity index (χ4n) is 3.12. The molecule has 0 bridgehead atoms. The molecule has 3 aromatic rings. The predicted octanol–water partition coefficient (Wildman–Crippen LogP) is 5.41. The van der Waals surface area contributed by atoms with Crippen molar-refractivity contribution in [2.75, 3.05) is 18.6 Å². The number of ether oxygens (including phenoxy) is 2. The van der Waals surface area contributed by atoms with Crippen LogP contribution in [-0.4, -0.2) is 24.8 Å².